The molecule has 2 unspecified atom stereocenters. The maximum absolute atomic E-state index is 5.33. The summed E-state index contributed by atoms with van der Waals surface area (Å²) in [4.78, 5) is 13.0. The molecule has 1 fully saturated rings. The molecule has 0 amide bonds. The summed E-state index contributed by atoms with van der Waals surface area (Å²) in [5.74, 6) is 0.969. The van der Waals surface area contributed by atoms with Crippen LogP contribution in [0, 0.1) is 6.92 Å². The minimum absolute atomic E-state index is 0.0565. The Labute approximate surface area is 241 Å². The Hall–Kier alpha value is -4.24. The number of nitrogens with zero attached hydrogens (tertiary/aromatic N) is 3. The minimum atomic E-state index is -0.190. The molecule has 5 aromatic rings. The average molecular weight is 532 g/mol. The third-order valence-corrected chi connectivity index (χ3v) is 10.6. The Morgan fingerprint density at radius 2 is 1.46 bits per heavy atom. The monoisotopic (exact) mass is 531 g/mol. The topological polar surface area (TPSA) is 29.0 Å². The van der Waals surface area contributed by atoms with E-state index in [1.54, 1.807) is 11.1 Å². The first-order valence-electron chi connectivity index (χ1n) is 15.2. The van der Waals surface area contributed by atoms with E-state index in [9.17, 15) is 0 Å². The highest BCUT2D eigenvalue weighted by Crippen LogP contribution is 2.65. The fourth-order valence-electron chi connectivity index (χ4n) is 8.87. The van der Waals surface area contributed by atoms with E-state index in [2.05, 4.69) is 110 Å². The van der Waals surface area contributed by atoms with Crippen molar-refractivity contribution in [1.29, 1.82) is 0 Å². The van der Waals surface area contributed by atoms with Gasteiger partial charge in [-0.3, -0.25) is 0 Å². The first kappa shape index (κ1) is 23.5. The van der Waals surface area contributed by atoms with E-state index in [1.165, 1.54) is 65.3 Å². The molecule has 1 saturated carbocycles. The molecule has 200 valence electrons. The van der Waals surface area contributed by atoms with Crippen LogP contribution in [-0.4, -0.2) is 16.0 Å². The number of aromatic nitrogens is 2. The second kappa shape index (κ2) is 8.16. The Bertz CT molecular complexity index is 1980. The maximum Gasteiger partial charge on any atom is 0.155 e. The van der Waals surface area contributed by atoms with Crippen molar-refractivity contribution >= 4 is 33.3 Å². The van der Waals surface area contributed by atoms with Gasteiger partial charge in [0.15, 0.2) is 5.82 Å². The molecule has 41 heavy (non-hydrogen) atoms. The Morgan fingerprint density at radius 1 is 0.756 bits per heavy atom. The zero-order valence-corrected chi connectivity index (χ0v) is 23.7. The standard InChI is InChI=1S/C38H33N3/c1-24-36(40-30-19-9-8-18-29(30)39-24)41-31-20-10-13-21-37(31,2)34-33-32(25-14-4-5-15-26(25)35(34)41)27-16-6-7-17-28(27)38(33)22-11-3-12-23-38/h4-10,13-21,31H,3,11-12,22-23H2,1-2H3. The predicted octanol–water partition coefficient (Wildman–Crippen LogP) is 9.23. The van der Waals surface area contributed by atoms with Crippen molar-refractivity contribution in [2.45, 2.75) is 62.8 Å². The van der Waals surface area contributed by atoms with Crippen molar-refractivity contribution in [2.24, 2.45) is 0 Å². The number of allylic oxidation sites excluding steroid dienone is 2. The number of rotatable bonds is 1. The van der Waals surface area contributed by atoms with Crippen molar-refractivity contribution in [1.82, 2.24) is 9.97 Å². The molecule has 0 bridgehead atoms. The van der Waals surface area contributed by atoms with Crippen LogP contribution in [0.4, 0.5) is 11.5 Å². The smallest absolute Gasteiger partial charge is 0.155 e. The number of benzene rings is 4. The number of para-hydroxylation sites is 2. The summed E-state index contributed by atoms with van der Waals surface area (Å²) in [7, 11) is 0. The summed E-state index contributed by atoms with van der Waals surface area (Å²) in [5.41, 5.74) is 11.6. The fraction of sp³-hybridized carbons (Fsp3) is 0.263. The second-order valence-electron chi connectivity index (χ2n) is 12.7. The lowest BCUT2D eigenvalue weighted by atomic mass is 9.63. The molecular formula is C38H33N3. The van der Waals surface area contributed by atoms with E-state index < -0.39 is 0 Å². The van der Waals surface area contributed by atoms with E-state index in [4.69, 9.17) is 9.97 Å². The normalized spacial score (nSPS) is 23.2. The highest BCUT2D eigenvalue weighted by molar-refractivity contribution is 6.12. The molecule has 4 aliphatic rings. The maximum atomic E-state index is 5.33. The molecule has 3 aliphatic carbocycles. The van der Waals surface area contributed by atoms with Crippen molar-refractivity contribution < 1.29 is 0 Å². The Balaban J connectivity index is 1.46. The van der Waals surface area contributed by atoms with Gasteiger partial charge in [-0.1, -0.05) is 104 Å². The molecule has 2 atom stereocenters. The third kappa shape index (κ3) is 2.89. The van der Waals surface area contributed by atoms with Gasteiger partial charge >= 0.3 is 0 Å². The van der Waals surface area contributed by atoms with Gasteiger partial charge in [-0.2, -0.15) is 0 Å². The van der Waals surface area contributed by atoms with Crippen molar-refractivity contribution in [3.8, 4) is 11.1 Å². The average Bonchev–Trinajstić information content (AvgIpc) is 3.44. The third-order valence-electron chi connectivity index (χ3n) is 10.6. The summed E-state index contributed by atoms with van der Waals surface area (Å²) in [6, 6.07) is 26.8. The lowest BCUT2D eigenvalue weighted by molar-refractivity contribution is 0.348. The highest BCUT2D eigenvalue weighted by Gasteiger charge is 2.55. The molecule has 0 N–H and O–H groups in total. The van der Waals surface area contributed by atoms with Gasteiger partial charge in [0.1, 0.15) is 0 Å². The fourth-order valence-corrected chi connectivity index (χ4v) is 8.87. The van der Waals surface area contributed by atoms with Gasteiger partial charge in [0, 0.05) is 16.2 Å². The highest BCUT2D eigenvalue weighted by atomic mass is 15.3. The largest absolute Gasteiger partial charge is 0.316 e. The van der Waals surface area contributed by atoms with Crippen LogP contribution >= 0.6 is 0 Å². The molecule has 3 heteroatoms. The van der Waals surface area contributed by atoms with E-state index in [0.717, 1.165) is 22.5 Å². The van der Waals surface area contributed by atoms with Crippen LogP contribution < -0.4 is 4.90 Å². The summed E-state index contributed by atoms with van der Waals surface area (Å²) < 4.78 is 0. The van der Waals surface area contributed by atoms with Crippen molar-refractivity contribution in [3.05, 3.63) is 119 Å². The first-order valence-corrected chi connectivity index (χ1v) is 15.2. The minimum Gasteiger partial charge on any atom is -0.316 e. The predicted molar refractivity (Wildman–Crippen MR) is 169 cm³/mol. The van der Waals surface area contributed by atoms with Crippen LogP contribution in [-0.2, 0) is 10.8 Å². The van der Waals surface area contributed by atoms with E-state index in [0.29, 0.717) is 0 Å². The Morgan fingerprint density at radius 3 is 2.29 bits per heavy atom. The van der Waals surface area contributed by atoms with Crippen molar-refractivity contribution in [2.75, 3.05) is 4.90 Å². The zero-order chi connectivity index (χ0) is 27.3. The van der Waals surface area contributed by atoms with E-state index in [-0.39, 0.29) is 16.9 Å². The summed E-state index contributed by atoms with van der Waals surface area (Å²) in [6.07, 6.45) is 15.7. The van der Waals surface area contributed by atoms with Crippen LogP contribution in [0.1, 0.15) is 61.4 Å². The van der Waals surface area contributed by atoms with Gasteiger partial charge in [0.05, 0.1) is 28.5 Å². The lowest BCUT2D eigenvalue weighted by Crippen LogP contribution is -2.41. The van der Waals surface area contributed by atoms with Crippen molar-refractivity contribution in [3.63, 3.8) is 0 Å². The molecule has 9 rings (SSSR count). The summed E-state index contributed by atoms with van der Waals surface area (Å²) >= 11 is 0. The number of fused-ring (bicyclic) bond motifs is 13. The molecule has 0 radical (unpaired) electrons. The Kier molecular flexibility index (Phi) is 4.67. The van der Waals surface area contributed by atoms with Gasteiger partial charge in [0.25, 0.3) is 0 Å². The molecule has 0 saturated heterocycles. The molecule has 1 spiro atoms. The molecule has 1 aromatic heterocycles. The zero-order valence-electron chi connectivity index (χ0n) is 23.7. The van der Waals surface area contributed by atoms with Gasteiger partial charge in [-0.25, -0.2) is 9.97 Å². The SMILES string of the molecule is Cc1nc2ccccc2nc1N1c2c(c3c(c4ccccc24)-c2ccccc2C32CCCCC2)C2(C)C=CC=CC12. The molecule has 4 aromatic carbocycles. The van der Waals surface area contributed by atoms with Crippen LogP contribution in [0.5, 0.6) is 0 Å². The van der Waals surface area contributed by atoms with Gasteiger partial charge in [-0.05, 0) is 72.0 Å². The van der Waals surface area contributed by atoms with Crippen LogP contribution in [0.2, 0.25) is 0 Å². The van der Waals surface area contributed by atoms with E-state index >= 15 is 0 Å². The summed E-state index contributed by atoms with van der Waals surface area (Å²) in [6.45, 7) is 4.59. The second-order valence-corrected chi connectivity index (χ2v) is 12.7. The molecule has 1 aliphatic heterocycles. The lowest BCUT2D eigenvalue weighted by Gasteiger charge is -2.40. The molecule has 2 heterocycles. The molecule has 3 nitrogen and oxygen atoms in total. The van der Waals surface area contributed by atoms with Gasteiger partial charge < -0.3 is 4.90 Å². The van der Waals surface area contributed by atoms with Gasteiger partial charge in [0.2, 0.25) is 0 Å². The number of aryl methyl sites for hydroxylation is 1. The number of anilines is 2. The van der Waals surface area contributed by atoms with E-state index in [1.807, 2.05) is 6.07 Å². The van der Waals surface area contributed by atoms with Gasteiger partial charge in [-0.15, -0.1) is 0 Å². The molecular weight excluding hydrogens is 498 g/mol. The van der Waals surface area contributed by atoms with Crippen LogP contribution in [0.3, 0.4) is 0 Å². The quantitative estimate of drug-likeness (QED) is 0.216. The first-order chi connectivity index (χ1) is 20.1. The van der Waals surface area contributed by atoms with Crippen LogP contribution in [0.25, 0.3) is 32.9 Å². The number of hydrogen-bond acceptors (Lipinski definition) is 3. The summed E-state index contributed by atoms with van der Waals surface area (Å²) in [5, 5.41) is 2.68. The number of hydrogen-bond donors (Lipinski definition) is 0. The van der Waals surface area contributed by atoms with Crippen LogP contribution in [0.15, 0.2) is 97.1 Å².